The van der Waals surface area contributed by atoms with E-state index in [1.165, 1.54) is 18.2 Å². The summed E-state index contributed by atoms with van der Waals surface area (Å²) in [6.45, 7) is 0.307. The smallest absolute Gasteiger partial charge is 0.258 e. The van der Waals surface area contributed by atoms with E-state index in [0.717, 1.165) is 17.7 Å². The van der Waals surface area contributed by atoms with E-state index in [1.807, 2.05) is 24.3 Å². The lowest BCUT2D eigenvalue weighted by atomic mass is 10.1. The number of carbonyl (C=O) groups excluding carboxylic acids is 1. The number of carbonyl (C=O) groups is 1. The Kier molecular flexibility index (Phi) is 3.39. The lowest BCUT2D eigenvalue weighted by Gasteiger charge is -2.13. The first-order valence-electron chi connectivity index (χ1n) is 6.69. The molecule has 0 spiro atoms. The summed E-state index contributed by atoms with van der Waals surface area (Å²) in [5.41, 5.74) is 0.996. The van der Waals surface area contributed by atoms with Crippen molar-refractivity contribution in [2.75, 3.05) is 6.54 Å². The number of amides is 1. The van der Waals surface area contributed by atoms with Crippen molar-refractivity contribution in [3.05, 3.63) is 53.6 Å². The minimum absolute atomic E-state index is 0.118. The number of hydrogen-bond acceptors (Lipinski definition) is 4. The van der Waals surface area contributed by atoms with Gasteiger partial charge in [0.05, 0.1) is 6.54 Å². The Morgan fingerprint density at radius 2 is 1.86 bits per heavy atom. The Hall–Kier alpha value is -2.69. The van der Waals surface area contributed by atoms with Crippen LogP contribution in [-0.2, 0) is 6.42 Å². The molecule has 108 valence electrons. The number of phenolic OH excluding ortho intramolecular Hbond substituents is 2. The second kappa shape index (κ2) is 5.36. The van der Waals surface area contributed by atoms with E-state index in [4.69, 9.17) is 4.74 Å². The van der Waals surface area contributed by atoms with E-state index in [2.05, 4.69) is 5.32 Å². The molecular weight excluding hydrogens is 270 g/mol. The van der Waals surface area contributed by atoms with Crippen molar-refractivity contribution < 1.29 is 19.7 Å². The molecule has 0 fully saturated rings. The van der Waals surface area contributed by atoms with Gasteiger partial charge in [-0.15, -0.1) is 0 Å². The normalized spacial score (nSPS) is 16.1. The largest absolute Gasteiger partial charge is 0.507 e. The van der Waals surface area contributed by atoms with E-state index in [-0.39, 0.29) is 23.2 Å². The van der Waals surface area contributed by atoms with E-state index in [0.29, 0.717) is 6.54 Å². The maximum atomic E-state index is 12.0. The van der Waals surface area contributed by atoms with Crippen molar-refractivity contribution in [2.24, 2.45) is 0 Å². The fourth-order valence-corrected chi connectivity index (χ4v) is 2.42. The molecule has 2 aromatic carbocycles. The Bertz CT molecular complexity index is 638. The van der Waals surface area contributed by atoms with Crippen molar-refractivity contribution in [1.82, 2.24) is 5.32 Å². The average Bonchev–Trinajstić information content (AvgIpc) is 2.87. The van der Waals surface area contributed by atoms with Gasteiger partial charge < -0.3 is 20.3 Å². The highest BCUT2D eigenvalue weighted by atomic mass is 16.5. The fraction of sp³-hybridized carbons (Fsp3) is 0.188. The molecule has 0 radical (unpaired) electrons. The van der Waals surface area contributed by atoms with Gasteiger partial charge in [0.1, 0.15) is 28.9 Å². The monoisotopic (exact) mass is 285 g/mol. The quantitative estimate of drug-likeness (QED) is 0.804. The van der Waals surface area contributed by atoms with Gasteiger partial charge in [-0.1, -0.05) is 24.3 Å². The molecule has 5 nitrogen and oxygen atoms in total. The second-order valence-corrected chi connectivity index (χ2v) is 4.93. The Balaban J connectivity index is 1.63. The van der Waals surface area contributed by atoms with Crippen molar-refractivity contribution in [3.8, 4) is 17.2 Å². The minimum Gasteiger partial charge on any atom is -0.507 e. The molecule has 3 N–H and O–H groups in total. The third-order valence-corrected chi connectivity index (χ3v) is 3.45. The van der Waals surface area contributed by atoms with E-state index in [9.17, 15) is 15.0 Å². The zero-order valence-electron chi connectivity index (χ0n) is 11.2. The second-order valence-electron chi connectivity index (χ2n) is 4.93. The highest BCUT2D eigenvalue weighted by Gasteiger charge is 2.24. The van der Waals surface area contributed by atoms with Crippen LogP contribution in [0.3, 0.4) is 0 Å². The SMILES string of the molecule is O=C(NCC1Cc2ccccc2O1)c1c(O)cccc1O. The molecule has 0 aliphatic carbocycles. The first-order chi connectivity index (χ1) is 10.1. The number of fused-ring (bicyclic) bond motifs is 1. The van der Waals surface area contributed by atoms with Crippen molar-refractivity contribution in [1.29, 1.82) is 0 Å². The maximum absolute atomic E-state index is 12.0. The third kappa shape index (κ3) is 2.63. The topological polar surface area (TPSA) is 78.8 Å². The molecule has 0 aromatic heterocycles. The number of benzene rings is 2. The number of rotatable bonds is 3. The molecular formula is C16H15NO4. The Morgan fingerprint density at radius 1 is 1.14 bits per heavy atom. The highest BCUT2D eigenvalue weighted by Crippen LogP contribution is 2.28. The van der Waals surface area contributed by atoms with Gasteiger partial charge in [-0.2, -0.15) is 0 Å². The van der Waals surface area contributed by atoms with Crippen LogP contribution >= 0.6 is 0 Å². The molecule has 0 saturated heterocycles. The van der Waals surface area contributed by atoms with Crippen LogP contribution in [0.4, 0.5) is 0 Å². The van der Waals surface area contributed by atoms with Gasteiger partial charge in [0.15, 0.2) is 0 Å². The predicted molar refractivity (Wildman–Crippen MR) is 76.7 cm³/mol. The van der Waals surface area contributed by atoms with Crippen LogP contribution in [0.25, 0.3) is 0 Å². The maximum Gasteiger partial charge on any atom is 0.258 e. The zero-order chi connectivity index (χ0) is 14.8. The van der Waals surface area contributed by atoms with Crippen LogP contribution < -0.4 is 10.1 Å². The van der Waals surface area contributed by atoms with Gasteiger partial charge in [-0.05, 0) is 23.8 Å². The Labute approximate surface area is 121 Å². The number of hydrogen-bond donors (Lipinski definition) is 3. The minimum atomic E-state index is -0.523. The van der Waals surface area contributed by atoms with Crippen LogP contribution in [0.1, 0.15) is 15.9 Å². The molecule has 3 rings (SSSR count). The summed E-state index contributed by atoms with van der Waals surface area (Å²) in [7, 11) is 0. The molecule has 1 aliphatic heterocycles. The molecule has 2 aromatic rings. The number of nitrogens with one attached hydrogen (secondary N) is 1. The zero-order valence-corrected chi connectivity index (χ0v) is 11.2. The summed E-state index contributed by atoms with van der Waals surface area (Å²) < 4.78 is 5.71. The molecule has 0 saturated carbocycles. The van der Waals surface area contributed by atoms with Crippen molar-refractivity contribution in [2.45, 2.75) is 12.5 Å². The molecule has 1 unspecified atom stereocenters. The van der Waals surface area contributed by atoms with Crippen LogP contribution in [0.15, 0.2) is 42.5 Å². The number of aromatic hydroxyl groups is 2. The predicted octanol–water partition coefficient (Wildman–Crippen LogP) is 1.83. The van der Waals surface area contributed by atoms with Gasteiger partial charge in [-0.25, -0.2) is 0 Å². The Morgan fingerprint density at radius 3 is 2.57 bits per heavy atom. The van der Waals surface area contributed by atoms with Gasteiger partial charge in [0, 0.05) is 6.42 Å². The summed E-state index contributed by atoms with van der Waals surface area (Å²) in [6, 6.07) is 11.9. The first kappa shape index (κ1) is 13.3. The molecule has 0 bridgehead atoms. The van der Waals surface area contributed by atoms with E-state index >= 15 is 0 Å². The van der Waals surface area contributed by atoms with Crippen molar-refractivity contribution in [3.63, 3.8) is 0 Å². The van der Waals surface area contributed by atoms with E-state index in [1.54, 1.807) is 0 Å². The summed E-state index contributed by atoms with van der Waals surface area (Å²) in [6.07, 6.45) is 0.586. The number of para-hydroxylation sites is 1. The van der Waals surface area contributed by atoms with Crippen LogP contribution in [0.2, 0.25) is 0 Å². The van der Waals surface area contributed by atoms with Crippen molar-refractivity contribution >= 4 is 5.91 Å². The molecule has 1 amide bonds. The summed E-state index contributed by atoms with van der Waals surface area (Å²) in [4.78, 5) is 12.0. The first-order valence-corrected chi connectivity index (χ1v) is 6.69. The lowest BCUT2D eigenvalue weighted by Crippen LogP contribution is -2.34. The highest BCUT2D eigenvalue weighted by molar-refractivity contribution is 5.99. The van der Waals surface area contributed by atoms with Gasteiger partial charge in [-0.3, -0.25) is 4.79 Å². The summed E-state index contributed by atoms with van der Waals surface area (Å²) in [5, 5.41) is 22.0. The molecule has 5 heteroatoms. The standard InChI is InChI=1S/C16H15NO4/c18-12-5-3-6-13(19)15(12)16(20)17-9-11-8-10-4-1-2-7-14(10)21-11/h1-7,11,18-19H,8-9H2,(H,17,20). The van der Waals surface area contributed by atoms with Gasteiger partial charge >= 0.3 is 0 Å². The van der Waals surface area contributed by atoms with Crippen LogP contribution in [-0.4, -0.2) is 28.8 Å². The summed E-state index contributed by atoms with van der Waals surface area (Å²) >= 11 is 0. The molecule has 21 heavy (non-hydrogen) atoms. The summed E-state index contributed by atoms with van der Waals surface area (Å²) in [5.74, 6) is -0.182. The third-order valence-electron chi connectivity index (χ3n) is 3.45. The van der Waals surface area contributed by atoms with E-state index < -0.39 is 5.91 Å². The molecule has 1 aliphatic rings. The fourth-order valence-electron chi connectivity index (χ4n) is 2.42. The van der Waals surface area contributed by atoms with Gasteiger partial charge in [0.2, 0.25) is 0 Å². The van der Waals surface area contributed by atoms with Crippen LogP contribution in [0.5, 0.6) is 17.2 Å². The number of ether oxygens (including phenoxy) is 1. The molecule has 1 atom stereocenters. The number of phenols is 2. The van der Waals surface area contributed by atoms with Gasteiger partial charge in [0.25, 0.3) is 5.91 Å². The van der Waals surface area contributed by atoms with Crippen LogP contribution in [0, 0.1) is 0 Å². The molecule has 1 heterocycles. The lowest BCUT2D eigenvalue weighted by molar-refractivity contribution is 0.0928. The average molecular weight is 285 g/mol.